The minimum atomic E-state index is -5.59. The first kappa shape index (κ1) is 14.8. The van der Waals surface area contributed by atoms with Crippen LogP contribution in [0.4, 0.5) is 7.77 Å². The Labute approximate surface area is 101 Å². The van der Waals surface area contributed by atoms with Crippen LogP contribution in [0.3, 0.4) is 0 Å². The van der Waals surface area contributed by atoms with Crippen molar-refractivity contribution in [1.29, 1.82) is 0 Å². The van der Waals surface area contributed by atoms with Crippen LogP contribution in [0.25, 0.3) is 0 Å². The van der Waals surface area contributed by atoms with Crippen LogP contribution in [0.15, 0.2) is 0 Å². The molecule has 0 unspecified atom stereocenters. The van der Waals surface area contributed by atoms with E-state index in [2.05, 4.69) is 0 Å². The molecule has 1 aliphatic rings. The molecule has 0 radical (unpaired) electrons. The first-order chi connectivity index (χ1) is 7.75. The van der Waals surface area contributed by atoms with Gasteiger partial charge < -0.3 is 0 Å². The van der Waals surface area contributed by atoms with Crippen molar-refractivity contribution >= 4 is 24.1 Å². The fraction of sp³-hybridized carbons (Fsp3) is 0.889. The lowest BCUT2D eigenvalue weighted by Gasteiger charge is -2.22. The summed E-state index contributed by atoms with van der Waals surface area (Å²) in [5.41, 5.74) is 0. The number of rotatable bonds is 4. The smallest absolute Gasteiger partial charge is 0.282 e. The van der Waals surface area contributed by atoms with Crippen LogP contribution in [0, 0.1) is 5.92 Å². The maximum atomic E-state index is 13.0. The van der Waals surface area contributed by atoms with Crippen molar-refractivity contribution < 1.29 is 25.5 Å². The third-order valence-electron chi connectivity index (χ3n) is 3.01. The van der Waals surface area contributed by atoms with E-state index in [9.17, 15) is 21.0 Å². The van der Waals surface area contributed by atoms with E-state index in [1.165, 1.54) is 0 Å². The van der Waals surface area contributed by atoms with Gasteiger partial charge in [-0.2, -0.15) is 8.42 Å². The summed E-state index contributed by atoms with van der Waals surface area (Å²) < 4.78 is 55.0. The van der Waals surface area contributed by atoms with E-state index in [-0.39, 0.29) is 12.3 Å². The molecule has 8 heteroatoms. The Bertz CT molecular complexity index is 374. The molecule has 1 N–H and O–H groups in total. The van der Waals surface area contributed by atoms with Crippen LogP contribution in [0.2, 0.25) is 0 Å². The summed E-state index contributed by atoms with van der Waals surface area (Å²) in [6.07, 6.45) is 4.81. The van der Waals surface area contributed by atoms with Gasteiger partial charge in [-0.3, -0.25) is 9.35 Å². The fourth-order valence-electron chi connectivity index (χ4n) is 2.03. The number of carbonyl (C=O) groups is 1. The van der Waals surface area contributed by atoms with E-state index >= 15 is 0 Å². The van der Waals surface area contributed by atoms with Crippen LogP contribution < -0.4 is 0 Å². The third-order valence-corrected chi connectivity index (χ3v) is 6.42. The highest BCUT2D eigenvalue weighted by Gasteiger charge is 2.45. The first-order valence-electron chi connectivity index (χ1n) is 5.48. The lowest BCUT2D eigenvalue weighted by Crippen LogP contribution is -2.15. The third kappa shape index (κ3) is 3.89. The highest BCUT2D eigenvalue weighted by Crippen LogP contribution is 2.58. The van der Waals surface area contributed by atoms with Crippen LogP contribution in [-0.2, 0) is 13.9 Å². The monoisotopic (exact) mass is 290 g/mol. The summed E-state index contributed by atoms with van der Waals surface area (Å²) >= 11 is 0. The van der Waals surface area contributed by atoms with Crippen LogP contribution in [0.1, 0.15) is 44.9 Å². The average Bonchev–Trinajstić information content (AvgIpc) is 2.25. The van der Waals surface area contributed by atoms with Gasteiger partial charge in [0, 0.05) is 6.42 Å². The van der Waals surface area contributed by atoms with Crippen molar-refractivity contribution in [3.63, 3.8) is 0 Å². The van der Waals surface area contributed by atoms with Gasteiger partial charge in [-0.25, -0.2) is 0 Å². The van der Waals surface area contributed by atoms with Gasteiger partial charge in [-0.15, -0.1) is 7.77 Å². The fourth-order valence-corrected chi connectivity index (χ4v) is 3.58. The van der Waals surface area contributed by atoms with Gasteiger partial charge in [-0.1, -0.05) is 32.1 Å². The largest absolute Gasteiger partial charge is 0.361 e. The second-order valence-electron chi connectivity index (χ2n) is 4.26. The predicted molar refractivity (Wildman–Crippen MR) is 62.2 cm³/mol. The van der Waals surface area contributed by atoms with E-state index in [0.29, 0.717) is 0 Å². The van der Waals surface area contributed by atoms with E-state index in [0.717, 1.165) is 32.1 Å². The van der Waals surface area contributed by atoms with Crippen LogP contribution >= 0.6 is 9.83 Å². The standard InChI is InChI=1S/C9H16F2O4S2/c10-16(11,17(13,14)15)9(12)7-6-8-4-2-1-3-5-8/h8H,1-7H2,(H,13,14,15). The second-order valence-corrected chi connectivity index (χ2v) is 8.94. The molecule has 17 heavy (non-hydrogen) atoms. The topological polar surface area (TPSA) is 71.4 Å². The van der Waals surface area contributed by atoms with Crippen LogP contribution in [0.5, 0.6) is 0 Å². The molecule has 0 aliphatic heterocycles. The molecule has 1 rings (SSSR count). The quantitative estimate of drug-likeness (QED) is 0.637. The van der Waals surface area contributed by atoms with Gasteiger partial charge in [0.2, 0.25) is 14.9 Å². The molecule has 0 heterocycles. The molecule has 1 aliphatic carbocycles. The van der Waals surface area contributed by atoms with Gasteiger partial charge in [0.15, 0.2) is 0 Å². The molecular formula is C9H16F2O4S2. The zero-order valence-corrected chi connectivity index (χ0v) is 10.9. The Balaban J connectivity index is 2.49. The first-order valence-corrected chi connectivity index (χ1v) is 8.87. The van der Waals surface area contributed by atoms with E-state index in [4.69, 9.17) is 4.55 Å². The summed E-state index contributed by atoms with van der Waals surface area (Å²) in [6, 6.07) is 0. The minimum absolute atomic E-state index is 0.226. The molecule has 1 saturated carbocycles. The van der Waals surface area contributed by atoms with Crippen molar-refractivity contribution in [3.8, 4) is 0 Å². The maximum Gasteiger partial charge on any atom is 0.361 e. The molecule has 0 aromatic carbocycles. The summed E-state index contributed by atoms with van der Waals surface area (Å²) in [5.74, 6) is 0.226. The Hall–Kier alpha value is -0.210. The molecule has 0 atom stereocenters. The maximum absolute atomic E-state index is 13.0. The predicted octanol–water partition coefficient (Wildman–Crippen LogP) is 3.25. The summed E-state index contributed by atoms with van der Waals surface area (Å²) in [5, 5.41) is -1.63. The van der Waals surface area contributed by atoms with Gasteiger partial charge in [-0.05, 0) is 12.3 Å². The molecule has 0 aromatic heterocycles. The van der Waals surface area contributed by atoms with E-state index < -0.39 is 30.5 Å². The Morgan fingerprint density at radius 3 is 2.18 bits per heavy atom. The zero-order chi connectivity index (χ0) is 13.1. The Morgan fingerprint density at radius 1 is 1.18 bits per heavy atom. The lowest BCUT2D eigenvalue weighted by molar-refractivity contribution is -0.112. The minimum Gasteiger partial charge on any atom is -0.282 e. The number of hydrogen-bond donors (Lipinski definition) is 1. The highest BCUT2D eigenvalue weighted by molar-refractivity contribution is 8.90. The summed E-state index contributed by atoms with van der Waals surface area (Å²) in [7, 11) is -11.1. The van der Waals surface area contributed by atoms with Gasteiger partial charge >= 0.3 is 9.15 Å². The second kappa shape index (κ2) is 5.62. The van der Waals surface area contributed by atoms with Gasteiger partial charge in [0.05, 0.1) is 0 Å². The molecule has 1 fully saturated rings. The average molecular weight is 290 g/mol. The SMILES string of the molecule is O=C(CCC1CCCCC1)S(F)(F)S(=O)(=O)O. The van der Waals surface area contributed by atoms with Crippen LogP contribution in [-0.4, -0.2) is 18.1 Å². The molecule has 4 nitrogen and oxygen atoms in total. The number of halogens is 2. The molecule has 0 amide bonds. The van der Waals surface area contributed by atoms with Gasteiger partial charge in [0.1, 0.15) is 0 Å². The molecular weight excluding hydrogens is 274 g/mol. The molecule has 102 valence electrons. The Morgan fingerprint density at radius 2 is 1.71 bits per heavy atom. The molecule has 0 spiro atoms. The van der Waals surface area contributed by atoms with Gasteiger partial charge in [0.25, 0.3) is 0 Å². The van der Waals surface area contributed by atoms with Crippen molar-refractivity contribution in [3.05, 3.63) is 0 Å². The van der Waals surface area contributed by atoms with Crippen molar-refractivity contribution in [1.82, 2.24) is 0 Å². The molecule has 0 aromatic rings. The summed E-state index contributed by atoms with van der Waals surface area (Å²) in [6.45, 7) is 0. The number of carbonyl (C=O) groups excluding carboxylic acids is 1. The van der Waals surface area contributed by atoms with E-state index in [1.807, 2.05) is 0 Å². The van der Waals surface area contributed by atoms with Crippen molar-refractivity contribution in [2.24, 2.45) is 5.92 Å². The van der Waals surface area contributed by atoms with Crippen molar-refractivity contribution in [2.75, 3.05) is 0 Å². The molecule has 0 saturated heterocycles. The van der Waals surface area contributed by atoms with Crippen molar-refractivity contribution in [2.45, 2.75) is 44.9 Å². The normalized spacial score (nSPS) is 20.2. The highest BCUT2D eigenvalue weighted by atomic mass is 33.2. The number of hydrogen-bond acceptors (Lipinski definition) is 3. The lowest BCUT2D eigenvalue weighted by atomic mass is 9.86. The van der Waals surface area contributed by atoms with E-state index in [1.54, 1.807) is 0 Å². The zero-order valence-electron chi connectivity index (χ0n) is 9.27. The summed E-state index contributed by atoms with van der Waals surface area (Å²) in [4.78, 5) is 11.1. The Kier molecular flexibility index (Phi) is 4.91. The molecule has 0 bridgehead atoms.